The predicted octanol–water partition coefficient (Wildman–Crippen LogP) is 3.65. The van der Waals surface area contributed by atoms with E-state index in [1.807, 2.05) is 24.4 Å². The van der Waals surface area contributed by atoms with E-state index in [4.69, 9.17) is 4.74 Å². The van der Waals surface area contributed by atoms with Crippen LogP contribution in [0.1, 0.15) is 19.8 Å². The lowest BCUT2D eigenvalue weighted by molar-refractivity contribution is 0.0457. The third-order valence-corrected chi connectivity index (χ3v) is 5.66. The fourth-order valence-corrected chi connectivity index (χ4v) is 4.17. The van der Waals surface area contributed by atoms with E-state index in [1.54, 1.807) is 7.11 Å². The van der Waals surface area contributed by atoms with E-state index in [1.165, 1.54) is 25.9 Å². The average Bonchev–Trinajstić information content (AvgIpc) is 2.65. The van der Waals surface area contributed by atoms with Crippen LogP contribution in [0, 0.1) is 5.92 Å². The number of pyridine rings is 1. The molecule has 126 valence electrons. The molecule has 4 heteroatoms. The van der Waals surface area contributed by atoms with Gasteiger partial charge in [-0.2, -0.15) is 0 Å². The summed E-state index contributed by atoms with van der Waals surface area (Å²) in [5, 5.41) is 3.69. The Kier molecular flexibility index (Phi) is 4.15. The Labute approximate surface area is 143 Å². The van der Waals surface area contributed by atoms with Crippen LogP contribution in [0.2, 0.25) is 0 Å². The highest BCUT2D eigenvalue weighted by atomic mass is 16.5. The van der Waals surface area contributed by atoms with Crippen LogP contribution in [0.4, 0.5) is 5.82 Å². The molecule has 2 aromatic rings. The normalized spacial score (nSPS) is 28.6. The number of piperidine rings is 3. The molecule has 4 heterocycles. The van der Waals surface area contributed by atoms with E-state index in [0.29, 0.717) is 12.1 Å². The van der Waals surface area contributed by atoms with Gasteiger partial charge in [-0.05, 0) is 68.6 Å². The molecule has 0 amide bonds. The van der Waals surface area contributed by atoms with Crippen LogP contribution in [0.5, 0.6) is 5.75 Å². The smallest absolute Gasteiger partial charge is 0.126 e. The second kappa shape index (κ2) is 6.44. The molecule has 1 aromatic carbocycles. The molecule has 2 atom stereocenters. The molecular weight excluding hydrogens is 298 g/mol. The topological polar surface area (TPSA) is 37.4 Å². The lowest BCUT2D eigenvalue weighted by atomic mass is 9.79. The lowest BCUT2D eigenvalue weighted by Gasteiger charge is -2.50. The van der Waals surface area contributed by atoms with Gasteiger partial charge < -0.3 is 10.1 Å². The maximum Gasteiger partial charge on any atom is 0.126 e. The second-order valence-electron chi connectivity index (χ2n) is 6.95. The van der Waals surface area contributed by atoms with Crippen molar-refractivity contribution in [2.24, 2.45) is 5.92 Å². The van der Waals surface area contributed by atoms with Gasteiger partial charge in [0.25, 0.3) is 0 Å². The van der Waals surface area contributed by atoms with Gasteiger partial charge in [0.1, 0.15) is 11.6 Å². The minimum Gasteiger partial charge on any atom is -0.497 e. The van der Waals surface area contributed by atoms with Crippen LogP contribution < -0.4 is 10.1 Å². The molecular formula is C20H25N3O. The number of nitrogens with zero attached hydrogens (tertiary/aromatic N) is 2. The highest BCUT2D eigenvalue weighted by molar-refractivity contribution is 5.65. The van der Waals surface area contributed by atoms with Gasteiger partial charge in [0.15, 0.2) is 0 Å². The van der Waals surface area contributed by atoms with Crippen LogP contribution in [-0.2, 0) is 0 Å². The van der Waals surface area contributed by atoms with Crippen molar-refractivity contribution >= 4 is 5.82 Å². The molecule has 0 unspecified atom stereocenters. The van der Waals surface area contributed by atoms with Crippen LogP contribution in [0.3, 0.4) is 0 Å². The Morgan fingerprint density at radius 2 is 1.96 bits per heavy atom. The Morgan fingerprint density at radius 3 is 2.62 bits per heavy atom. The molecule has 0 spiro atoms. The number of hydrogen-bond donors (Lipinski definition) is 1. The van der Waals surface area contributed by atoms with E-state index in [2.05, 4.69) is 40.3 Å². The monoisotopic (exact) mass is 323 g/mol. The van der Waals surface area contributed by atoms with E-state index in [-0.39, 0.29) is 0 Å². The molecule has 4 nitrogen and oxygen atoms in total. The summed E-state index contributed by atoms with van der Waals surface area (Å²) in [5.41, 5.74) is 2.24. The highest BCUT2D eigenvalue weighted by Gasteiger charge is 2.39. The Bertz CT molecular complexity index is 690. The zero-order valence-corrected chi connectivity index (χ0v) is 14.4. The summed E-state index contributed by atoms with van der Waals surface area (Å²) in [4.78, 5) is 7.25. The zero-order valence-electron chi connectivity index (χ0n) is 14.4. The third kappa shape index (κ3) is 2.86. The van der Waals surface area contributed by atoms with Gasteiger partial charge in [-0.25, -0.2) is 4.98 Å². The summed E-state index contributed by atoms with van der Waals surface area (Å²) in [5.74, 6) is 2.63. The number of methoxy groups -OCH3 is 1. The minimum atomic E-state index is 0.516. The first kappa shape index (κ1) is 15.5. The molecule has 1 aromatic heterocycles. The van der Waals surface area contributed by atoms with E-state index in [9.17, 15) is 0 Å². The van der Waals surface area contributed by atoms with E-state index in [0.717, 1.165) is 28.6 Å². The van der Waals surface area contributed by atoms with Gasteiger partial charge in [0, 0.05) is 23.8 Å². The lowest BCUT2D eigenvalue weighted by Crippen LogP contribution is -2.59. The first-order valence-corrected chi connectivity index (χ1v) is 8.85. The number of rotatable bonds is 4. The summed E-state index contributed by atoms with van der Waals surface area (Å²) in [6, 6.07) is 13.4. The Hall–Kier alpha value is -2.07. The number of aromatic nitrogens is 1. The van der Waals surface area contributed by atoms with Crippen molar-refractivity contribution in [2.45, 2.75) is 31.8 Å². The molecule has 24 heavy (non-hydrogen) atoms. The average molecular weight is 323 g/mol. The van der Waals surface area contributed by atoms with Crippen LogP contribution in [0.25, 0.3) is 11.1 Å². The Balaban J connectivity index is 1.50. The fourth-order valence-electron chi connectivity index (χ4n) is 4.17. The number of ether oxygens (including phenoxy) is 1. The van der Waals surface area contributed by atoms with Crippen molar-refractivity contribution in [3.63, 3.8) is 0 Å². The number of fused-ring (bicyclic) bond motifs is 3. The van der Waals surface area contributed by atoms with Gasteiger partial charge >= 0.3 is 0 Å². The van der Waals surface area contributed by atoms with Crippen LogP contribution >= 0.6 is 0 Å². The fraction of sp³-hybridized carbons (Fsp3) is 0.450. The summed E-state index contributed by atoms with van der Waals surface area (Å²) in [7, 11) is 1.69. The van der Waals surface area contributed by atoms with Crippen molar-refractivity contribution in [1.29, 1.82) is 0 Å². The number of nitrogens with one attached hydrogen (secondary N) is 1. The van der Waals surface area contributed by atoms with E-state index < -0.39 is 0 Å². The Morgan fingerprint density at radius 1 is 1.12 bits per heavy atom. The van der Waals surface area contributed by atoms with Crippen LogP contribution in [-0.4, -0.2) is 42.2 Å². The van der Waals surface area contributed by atoms with Crippen molar-refractivity contribution in [3.05, 3.63) is 42.6 Å². The van der Waals surface area contributed by atoms with Crippen molar-refractivity contribution in [3.8, 4) is 16.9 Å². The van der Waals surface area contributed by atoms with Crippen molar-refractivity contribution in [1.82, 2.24) is 9.88 Å². The summed E-state index contributed by atoms with van der Waals surface area (Å²) >= 11 is 0. The van der Waals surface area contributed by atoms with E-state index >= 15 is 0 Å². The molecule has 3 aliphatic heterocycles. The van der Waals surface area contributed by atoms with Crippen LogP contribution in [0.15, 0.2) is 42.6 Å². The molecule has 2 bridgehead atoms. The minimum absolute atomic E-state index is 0.516. The summed E-state index contributed by atoms with van der Waals surface area (Å²) < 4.78 is 5.30. The molecule has 0 saturated carbocycles. The molecule has 5 rings (SSSR count). The molecule has 3 fully saturated rings. The zero-order chi connectivity index (χ0) is 16.5. The molecule has 3 saturated heterocycles. The van der Waals surface area contributed by atoms with Gasteiger partial charge in [-0.1, -0.05) is 12.1 Å². The highest BCUT2D eigenvalue weighted by Crippen LogP contribution is 2.34. The molecule has 0 radical (unpaired) electrons. The first-order chi connectivity index (χ1) is 11.7. The van der Waals surface area contributed by atoms with Crippen molar-refractivity contribution in [2.75, 3.05) is 25.5 Å². The van der Waals surface area contributed by atoms with Crippen molar-refractivity contribution < 1.29 is 4.74 Å². The quantitative estimate of drug-likeness (QED) is 0.932. The van der Waals surface area contributed by atoms with Gasteiger partial charge in [-0.3, -0.25) is 4.90 Å². The first-order valence-electron chi connectivity index (χ1n) is 8.85. The SMILES string of the molecule is COc1cccc(-c2ccc(N[C@@H]3C4CCN(CC4)[C@@H]3C)nc2)c1. The maximum absolute atomic E-state index is 5.30. The molecule has 3 aliphatic rings. The number of anilines is 1. The third-order valence-electron chi connectivity index (χ3n) is 5.66. The summed E-state index contributed by atoms with van der Waals surface area (Å²) in [6.07, 6.45) is 4.57. The number of hydrogen-bond acceptors (Lipinski definition) is 4. The second-order valence-corrected chi connectivity index (χ2v) is 6.95. The number of benzene rings is 1. The standard InChI is InChI=1S/C20H25N3O/c1-14-20(15-8-10-23(14)11-9-15)22-19-7-6-17(13-21-19)16-4-3-5-18(12-16)24-2/h3-7,12-15,20H,8-11H2,1-2H3,(H,21,22)/t14-,20+/m1/s1. The maximum atomic E-state index is 5.30. The summed E-state index contributed by atoms with van der Waals surface area (Å²) in [6.45, 7) is 4.85. The predicted molar refractivity (Wildman–Crippen MR) is 97.4 cm³/mol. The molecule has 1 N–H and O–H groups in total. The van der Waals surface area contributed by atoms with Gasteiger partial charge in [-0.15, -0.1) is 0 Å². The van der Waals surface area contributed by atoms with Gasteiger partial charge in [0.2, 0.25) is 0 Å². The molecule has 0 aliphatic carbocycles. The largest absolute Gasteiger partial charge is 0.497 e. The van der Waals surface area contributed by atoms with Gasteiger partial charge in [0.05, 0.1) is 7.11 Å².